The number of hydrogen-bond acceptors (Lipinski definition) is 8. The second-order valence-electron chi connectivity index (χ2n) is 11.1. The number of nitroso groups, excluding NO2 is 1. The second-order valence-corrected chi connectivity index (χ2v) is 15.1. The van der Waals surface area contributed by atoms with E-state index in [0.717, 1.165) is 36.1 Å². The third-order valence-electron chi connectivity index (χ3n) is 7.90. The molecule has 40 heavy (non-hydrogen) atoms. The molecule has 0 aliphatic carbocycles. The molecule has 0 bridgehead atoms. The predicted molar refractivity (Wildman–Crippen MR) is 158 cm³/mol. The molecule has 8 nitrogen and oxygen atoms in total. The lowest BCUT2D eigenvalue weighted by atomic mass is 9.88. The zero-order chi connectivity index (χ0) is 29.2. The van der Waals surface area contributed by atoms with Crippen molar-refractivity contribution in [3.05, 3.63) is 65.6 Å². The van der Waals surface area contributed by atoms with E-state index in [9.17, 15) is 14.5 Å². The van der Waals surface area contributed by atoms with Crippen molar-refractivity contribution in [3.63, 3.8) is 0 Å². The van der Waals surface area contributed by atoms with Crippen molar-refractivity contribution in [2.75, 3.05) is 20.3 Å². The highest BCUT2D eigenvalue weighted by Gasteiger charge is 2.56. The molecule has 1 aliphatic heterocycles. The summed E-state index contributed by atoms with van der Waals surface area (Å²) in [5.74, 6) is -0.679. The first-order chi connectivity index (χ1) is 19.2. The first-order valence-corrected chi connectivity index (χ1v) is 16.3. The lowest BCUT2D eigenvalue weighted by Crippen LogP contribution is -2.67. The van der Waals surface area contributed by atoms with Crippen LogP contribution < -0.4 is 10.4 Å². The average molecular weight is 572 g/mol. The normalized spacial score (nSPS) is 23.5. The molecule has 1 fully saturated rings. The maximum atomic E-state index is 12.8. The molecule has 0 spiro atoms. The number of methoxy groups -OCH3 is 1. The van der Waals surface area contributed by atoms with E-state index >= 15 is 0 Å². The number of nitrogens with zero attached hydrogens (tertiary/aromatic N) is 1. The number of carbonyl (C=O) groups is 1. The van der Waals surface area contributed by atoms with Crippen molar-refractivity contribution < 1.29 is 28.5 Å². The Kier molecular flexibility index (Phi) is 12.0. The fourth-order valence-electron chi connectivity index (χ4n) is 5.60. The van der Waals surface area contributed by atoms with E-state index in [1.165, 1.54) is 7.11 Å². The molecular formula is C31H45NO7Si. The minimum atomic E-state index is -3.39. The monoisotopic (exact) mass is 571 g/mol. The smallest absolute Gasteiger partial charge is 0.337 e. The lowest BCUT2D eigenvalue weighted by Gasteiger charge is -2.48. The van der Waals surface area contributed by atoms with Crippen LogP contribution in [0, 0.1) is 4.91 Å². The lowest BCUT2D eigenvalue weighted by molar-refractivity contribution is -0.221. The predicted octanol–water partition coefficient (Wildman–Crippen LogP) is 4.35. The summed E-state index contributed by atoms with van der Waals surface area (Å²) < 4.78 is 24.0. The molecule has 0 amide bonds. The zero-order valence-corrected chi connectivity index (χ0v) is 25.5. The number of ether oxygens (including phenoxy) is 4. The van der Waals surface area contributed by atoms with Crippen LogP contribution in [0.5, 0.6) is 0 Å². The van der Waals surface area contributed by atoms with E-state index in [1.807, 2.05) is 74.5 Å². The van der Waals surface area contributed by atoms with Crippen molar-refractivity contribution in [1.82, 2.24) is 0 Å². The number of hydrogen-bond donors (Lipinski definition) is 1. The van der Waals surface area contributed by atoms with Crippen LogP contribution >= 0.6 is 0 Å². The minimum absolute atomic E-state index is 0.350. The van der Waals surface area contributed by atoms with Gasteiger partial charge >= 0.3 is 5.97 Å². The topological polar surface area (TPSA) is 104 Å². The van der Waals surface area contributed by atoms with Gasteiger partial charge in [-0.25, -0.2) is 4.79 Å². The maximum Gasteiger partial charge on any atom is 0.337 e. The summed E-state index contributed by atoms with van der Waals surface area (Å²) in [6.07, 6.45) is 0.463. The van der Waals surface area contributed by atoms with Gasteiger partial charge in [0.15, 0.2) is 12.1 Å². The Morgan fingerprint density at radius 1 is 0.925 bits per heavy atom. The van der Waals surface area contributed by atoms with Gasteiger partial charge in [0.1, 0.15) is 12.2 Å². The van der Waals surface area contributed by atoms with Crippen LogP contribution in [0.4, 0.5) is 0 Å². The number of esters is 1. The Morgan fingerprint density at radius 3 is 1.88 bits per heavy atom. The van der Waals surface area contributed by atoms with Gasteiger partial charge in [-0.3, -0.25) is 0 Å². The second kappa shape index (κ2) is 15.0. The first-order valence-electron chi connectivity index (χ1n) is 14.4. The van der Waals surface area contributed by atoms with E-state index in [2.05, 4.69) is 19.0 Å². The van der Waals surface area contributed by atoms with Gasteiger partial charge in [0.05, 0.1) is 13.2 Å². The standard InChI is InChI=1S/C31H45NO7Si/c1-6-8-20-37-27-25(39-29(30(33)36-5)26(32-34)28(27)38-21-9-7-2)22-31(3,4)40(35,23-16-12-10-13-17-23)24-18-14-11-15-19-24/h10-19,25-29,35H,6-9,20-22H2,1-5H3/t25-,26?,27+,28?,29?/m0/s1. The Bertz CT molecular complexity index is 1010. The van der Waals surface area contributed by atoms with Gasteiger partial charge in [-0.15, -0.1) is 0 Å². The van der Waals surface area contributed by atoms with Crippen molar-refractivity contribution in [2.24, 2.45) is 5.18 Å². The molecule has 1 aliphatic rings. The number of unbranched alkanes of at least 4 members (excludes halogenated alkanes) is 2. The molecule has 3 unspecified atom stereocenters. The van der Waals surface area contributed by atoms with E-state index in [1.54, 1.807) is 0 Å². The fraction of sp³-hybridized carbons (Fsp3) is 0.581. The molecule has 220 valence electrons. The highest BCUT2D eigenvalue weighted by molar-refractivity contribution is 6.98. The number of benzene rings is 2. The SMILES string of the molecule is CCCCOC1C(N=O)C(C(=O)OC)O[C@@H](CC(C)(C)[Si](O)(c2ccccc2)c2ccccc2)[C@H]1OCCCC. The first kappa shape index (κ1) is 32.1. The molecule has 5 atom stereocenters. The highest BCUT2D eigenvalue weighted by Crippen LogP contribution is 2.44. The van der Waals surface area contributed by atoms with Crippen molar-refractivity contribution in [1.29, 1.82) is 0 Å². The van der Waals surface area contributed by atoms with Crippen molar-refractivity contribution in [2.45, 2.75) is 95.3 Å². The molecule has 0 radical (unpaired) electrons. The molecule has 1 N–H and O–H groups in total. The average Bonchev–Trinajstić information content (AvgIpc) is 2.98. The van der Waals surface area contributed by atoms with Crippen molar-refractivity contribution in [3.8, 4) is 0 Å². The Hall–Kier alpha value is -2.43. The third kappa shape index (κ3) is 7.06. The van der Waals surface area contributed by atoms with Crippen LogP contribution in [0.2, 0.25) is 5.04 Å². The molecule has 0 aromatic heterocycles. The van der Waals surface area contributed by atoms with Crippen LogP contribution in [0.3, 0.4) is 0 Å². The summed E-state index contributed by atoms with van der Waals surface area (Å²) in [4.78, 5) is 37.7. The van der Waals surface area contributed by atoms with E-state index in [4.69, 9.17) is 18.9 Å². The number of carbonyl (C=O) groups excluding carboxylic acids is 1. The number of rotatable bonds is 15. The molecule has 1 heterocycles. The van der Waals surface area contributed by atoms with Crippen LogP contribution in [0.15, 0.2) is 65.8 Å². The zero-order valence-electron chi connectivity index (χ0n) is 24.5. The summed E-state index contributed by atoms with van der Waals surface area (Å²) in [7, 11) is -2.13. The molecule has 3 rings (SSSR count). The van der Waals surface area contributed by atoms with Crippen LogP contribution in [0.1, 0.15) is 59.8 Å². The van der Waals surface area contributed by atoms with Gasteiger partial charge in [0.2, 0.25) is 0 Å². The van der Waals surface area contributed by atoms with Crippen LogP contribution in [-0.2, 0) is 23.7 Å². The summed E-state index contributed by atoms with van der Waals surface area (Å²) in [6, 6.07) is 18.4. The van der Waals surface area contributed by atoms with E-state index in [0.29, 0.717) is 19.6 Å². The van der Waals surface area contributed by atoms with Gasteiger partial charge < -0.3 is 23.7 Å². The van der Waals surface area contributed by atoms with Gasteiger partial charge in [0.25, 0.3) is 8.32 Å². The minimum Gasteiger partial charge on any atom is -0.467 e. The van der Waals surface area contributed by atoms with Gasteiger partial charge in [-0.2, -0.15) is 4.91 Å². The Labute approximate surface area is 239 Å². The molecule has 2 aromatic carbocycles. The largest absolute Gasteiger partial charge is 0.467 e. The maximum absolute atomic E-state index is 12.8. The van der Waals surface area contributed by atoms with Gasteiger partial charge in [-0.05, 0) is 34.7 Å². The Morgan fingerprint density at radius 2 is 1.43 bits per heavy atom. The molecule has 2 aromatic rings. The van der Waals surface area contributed by atoms with E-state index < -0.39 is 49.8 Å². The van der Waals surface area contributed by atoms with Gasteiger partial charge in [0, 0.05) is 13.2 Å². The van der Waals surface area contributed by atoms with Crippen LogP contribution in [0.25, 0.3) is 0 Å². The Balaban J connectivity index is 2.08. The summed E-state index contributed by atoms with van der Waals surface area (Å²) in [6.45, 7) is 9.05. The molecule has 0 saturated carbocycles. The fourth-order valence-corrected chi connectivity index (χ4v) is 9.34. The quantitative estimate of drug-likeness (QED) is 0.147. The van der Waals surface area contributed by atoms with Gasteiger partial charge in [-0.1, -0.05) is 106 Å². The summed E-state index contributed by atoms with van der Waals surface area (Å²) in [5.41, 5.74) is 0. The third-order valence-corrected chi connectivity index (χ3v) is 12.4. The summed E-state index contributed by atoms with van der Waals surface area (Å²) in [5, 5.41) is 4.34. The molecular weight excluding hydrogens is 526 g/mol. The van der Waals surface area contributed by atoms with Crippen LogP contribution in [-0.4, -0.2) is 69.9 Å². The molecule has 9 heteroatoms. The van der Waals surface area contributed by atoms with Crippen molar-refractivity contribution >= 4 is 24.7 Å². The van der Waals surface area contributed by atoms with E-state index in [-0.39, 0.29) is 0 Å². The highest BCUT2D eigenvalue weighted by atomic mass is 28.4. The molecule has 1 saturated heterocycles. The summed E-state index contributed by atoms with van der Waals surface area (Å²) >= 11 is 0.